The normalized spacial score (nSPS) is 45.7. The first-order valence-corrected chi connectivity index (χ1v) is 13.8. The Hall–Kier alpha value is -2.22. The Morgan fingerprint density at radius 3 is 2.55 bits per heavy atom. The number of fused-ring (bicyclic) bond motifs is 7. The molecule has 0 aromatic heterocycles. The number of alkyl halides is 2. The average molecular weight is 526 g/mol. The maximum atomic E-state index is 17.5. The summed E-state index contributed by atoms with van der Waals surface area (Å²) in [5.74, 6) is -1.90. The standard InChI is InChI=1S/C31H37F2NO4/c1-18-4-6-19(7-5-18)14-34-15-20-10-22-23-12-25(32)24-11-21(36)8-9-28(24,2)31(23,33)26(37)13-29(22,3)30(20,17-34)27(38)16-35/h4-9,11,20,22-23,25-26,35,37H,10,12-17H2,1-3H3/t20-,22-,23-,25-,26-,28-,29-,30+,31-/m0/s1. The van der Waals surface area contributed by atoms with E-state index in [0.717, 1.165) is 5.56 Å². The van der Waals surface area contributed by atoms with Gasteiger partial charge in [-0.15, -0.1) is 0 Å². The first-order chi connectivity index (χ1) is 17.9. The maximum absolute atomic E-state index is 17.5. The minimum absolute atomic E-state index is 0.0485. The average Bonchev–Trinajstić information content (AvgIpc) is 3.35. The van der Waals surface area contributed by atoms with Crippen LogP contribution in [0.25, 0.3) is 0 Å². The van der Waals surface area contributed by atoms with Gasteiger partial charge in [0.2, 0.25) is 0 Å². The molecular formula is C31H37F2NO4. The largest absolute Gasteiger partial charge is 0.390 e. The number of carbonyl (C=O) groups is 2. The molecule has 204 valence electrons. The van der Waals surface area contributed by atoms with Gasteiger partial charge in [-0.2, -0.15) is 0 Å². The Kier molecular flexibility index (Phi) is 5.75. The minimum Gasteiger partial charge on any atom is -0.390 e. The van der Waals surface area contributed by atoms with Gasteiger partial charge in [-0.1, -0.05) is 42.8 Å². The molecular weight excluding hydrogens is 488 g/mol. The molecule has 4 aliphatic carbocycles. The fourth-order valence-electron chi connectivity index (χ4n) is 9.59. The molecule has 1 aliphatic heterocycles. The molecule has 4 fully saturated rings. The van der Waals surface area contributed by atoms with Crippen LogP contribution in [0.3, 0.4) is 0 Å². The molecule has 0 radical (unpaired) electrons. The third kappa shape index (κ3) is 3.12. The summed E-state index contributed by atoms with van der Waals surface area (Å²) >= 11 is 0. The van der Waals surface area contributed by atoms with Crippen LogP contribution in [0.1, 0.15) is 44.2 Å². The highest BCUT2D eigenvalue weighted by Crippen LogP contribution is 2.74. The van der Waals surface area contributed by atoms with Crippen molar-refractivity contribution in [2.45, 2.75) is 64.5 Å². The van der Waals surface area contributed by atoms with Gasteiger partial charge in [0, 0.05) is 31.0 Å². The molecule has 2 N–H and O–H groups in total. The third-order valence-corrected chi connectivity index (χ3v) is 11.4. The SMILES string of the molecule is Cc1ccc(CN2C[C@@H]3C[C@H]4[C@@H]5C[C@H](F)C6=CC(=O)C=C[C@]6(C)[C@@]5(F)[C@@H](O)C[C@]4(C)[C@]3(C(=O)CO)C2)cc1. The number of benzene rings is 1. The topological polar surface area (TPSA) is 77.8 Å². The zero-order chi connectivity index (χ0) is 27.3. The lowest BCUT2D eigenvalue weighted by Gasteiger charge is -2.63. The second kappa shape index (κ2) is 8.39. The predicted molar refractivity (Wildman–Crippen MR) is 138 cm³/mol. The van der Waals surface area contributed by atoms with Gasteiger partial charge in [-0.3, -0.25) is 14.5 Å². The molecule has 9 atom stereocenters. The van der Waals surface area contributed by atoms with Crippen molar-refractivity contribution in [2.75, 3.05) is 19.7 Å². The van der Waals surface area contributed by atoms with Gasteiger partial charge in [-0.05, 0) is 73.6 Å². The van der Waals surface area contributed by atoms with Crippen LogP contribution in [-0.4, -0.2) is 64.3 Å². The lowest BCUT2D eigenvalue weighted by atomic mass is 9.43. The lowest BCUT2D eigenvalue weighted by Crippen LogP contribution is -2.69. The molecule has 0 unspecified atom stereocenters. The van der Waals surface area contributed by atoms with E-state index in [2.05, 4.69) is 29.2 Å². The highest BCUT2D eigenvalue weighted by molar-refractivity contribution is 6.01. The van der Waals surface area contributed by atoms with Gasteiger partial charge in [0.1, 0.15) is 12.8 Å². The first-order valence-electron chi connectivity index (χ1n) is 13.8. The van der Waals surface area contributed by atoms with Gasteiger partial charge in [0.15, 0.2) is 17.2 Å². The van der Waals surface area contributed by atoms with E-state index in [-0.39, 0.29) is 41.8 Å². The van der Waals surface area contributed by atoms with Gasteiger partial charge < -0.3 is 10.2 Å². The quantitative estimate of drug-likeness (QED) is 0.624. The third-order valence-electron chi connectivity index (χ3n) is 11.4. The molecule has 6 rings (SSSR count). The molecule has 5 nitrogen and oxygen atoms in total. The number of hydrogen-bond acceptors (Lipinski definition) is 5. The fraction of sp³-hybridized carbons (Fsp3) is 0.613. The number of allylic oxidation sites excluding steroid dienone is 4. The van der Waals surface area contributed by atoms with Crippen molar-refractivity contribution >= 4 is 11.6 Å². The van der Waals surface area contributed by atoms with E-state index in [4.69, 9.17) is 0 Å². The number of aliphatic hydroxyl groups is 2. The number of carbonyl (C=O) groups excluding carboxylic acids is 2. The molecule has 1 aromatic carbocycles. The number of likely N-dealkylation sites (tertiary alicyclic amines) is 1. The smallest absolute Gasteiger partial charge is 0.178 e. The first kappa shape index (κ1) is 26.0. The molecule has 0 amide bonds. The second-order valence-corrected chi connectivity index (χ2v) is 13.0. The Morgan fingerprint density at radius 2 is 1.87 bits per heavy atom. The number of halogens is 2. The lowest BCUT2D eigenvalue weighted by molar-refractivity contribution is -0.212. The van der Waals surface area contributed by atoms with Crippen molar-refractivity contribution in [1.29, 1.82) is 0 Å². The van der Waals surface area contributed by atoms with Crippen LogP contribution in [0.15, 0.2) is 48.1 Å². The van der Waals surface area contributed by atoms with Crippen LogP contribution in [-0.2, 0) is 16.1 Å². The van der Waals surface area contributed by atoms with Crippen molar-refractivity contribution in [3.05, 3.63) is 59.2 Å². The second-order valence-electron chi connectivity index (χ2n) is 13.0. The van der Waals surface area contributed by atoms with E-state index in [0.29, 0.717) is 26.1 Å². The number of nitrogens with zero attached hydrogens (tertiary/aromatic N) is 1. The van der Waals surface area contributed by atoms with Crippen LogP contribution in [0.2, 0.25) is 0 Å². The number of Topliss-reactive ketones (excluding diaryl/α,β-unsaturated/α-hetero) is 1. The summed E-state index contributed by atoms with van der Waals surface area (Å²) in [5, 5.41) is 21.8. The minimum atomic E-state index is -2.16. The van der Waals surface area contributed by atoms with Crippen molar-refractivity contribution < 1.29 is 28.6 Å². The van der Waals surface area contributed by atoms with Crippen molar-refractivity contribution in [2.24, 2.45) is 34.0 Å². The number of aryl methyl sites for hydroxylation is 1. The van der Waals surface area contributed by atoms with Gasteiger partial charge >= 0.3 is 0 Å². The van der Waals surface area contributed by atoms with Crippen LogP contribution in [0.5, 0.6) is 0 Å². The van der Waals surface area contributed by atoms with Crippen molar-refractivity contribution in [3.8, 4) is 0 Å². The van der Waals surface area contributed by atoms with E-state index in [1.165, 1.54) is 23.8 Å². The molecule has 0 spiro atoms. The number of ketones is 2. The van der Waals surface area contributed by atoms with E-state index < -0.39 is 46.7 Å². The van der Waals surface area contributed by atoms with E-state index >= 15 is 8.78 Å². The Balaban J connectivity index is 1.39. The molecule has 1 heterocycles. The summed E-state index contributed by atoms with van der Waals surface area (Å²) in [6.07, 6.45) is 1.45. The predicted octanol–water partition coefficient (Wildman–Crippen LogP) is 3.90. The van der Waals surface area contributed by atoms with Gasteiger partial charge in [-0.25, -0.2) is 8.78 Å². The number of hydrogen-bond donors (Lipinski definition) is 2. The van der Waals surface area contributed by atoms with Gasteiger partial charge in [0.25, 0.3) is 0 Å². The van der Waals surface area contributed by atoms with Crippen LogP contribution in [0.4, 0.5) is 8.78 Å². The number of aliphatic hydroxyl groups excluding tert-OH is 2. The molecule has 3 saturated carbocycles. The Bertz CT molecular complexity index is 1240. The van der Waals surface area contributed by atoms with Crippen LogP contribution >= 0.6 is 0 Å². The summed E-state index contributed by atoms with van der Waals surface area (Å²) < 4.78 is 33.2. The summed E-state index contributed by atoms with van der Waals surface area (Å²) in [5.41, 5.74) is -2.93. The summed E-state index contributed by atoms with van der Waals surface area (Å²) in [4.78, 5) is 28.0. The molecule has 0 bridgehead atoms. The Morgan fingerprint density at radius 1 is 1.16 bits per heavy atom. The van der Waals surface area contributed by atoms with E-state index in [9.17, 15) is 19.8 Å². The number of rotatable bonds is 4. The van der Waals surface area contributed by atoms with E-state index in [1.54, 1.807) is 6.92 Å². The van der Waals surface area contributed by atoms with Crippen LogP contribution < -0.4 is 0 Å². The molecule has 38 heavy (non-hydrogen) atoms. The zero-order valence-electron chi connectivity index (χ0n) is 22.3. The van der Waals surface area contributed by atoms with Gasteiger partial charge in [0.05, 0.1) is 11.5 Å². The highest BCUT2D eigenvalue weighted by Gasteiger charge is 2.78. The molecule has 1 saturated heterocycles. The van der Waals surface area contributed by atoms with E-state index in [1.807, 2.05) is 13.8 Å². The Labute approximate surface area is 222 Å². The maximum Gasteiger partial charge on any atom is 0.178 e. The molecule has 1 aromatic rings. The van der Waals surface area contributed by atoms with Crippen molar-refractivity contribution in [3.63, 3.8) is 0 Å². The summed E-state index contributed by atoms with van der Waals surface area (Å²) in [6.45, 7) is 6.70. The monoisotopic (exact) mass is 525 g/mol. The summed E-state index contributed by atoms with van der Waals surface area (Å²) in [7, 11) is 0. The highest BCUT2D eigenvalue weighted by atomic mass is 19.1. The van der Waals surface area contributed by atoms with Crippen molar-refractivity contribution in [1.82, 2.24) is 4.90 Å². The summed E-state index contributed by atoms with van der Waals surface area (Å²) in [6, 6.07) is 8.27. The molecule has 5 aliphatic rings. The fourth-order valence-corrected chi connectivity index (χ4v) is 9.59. The molecule has 7 heteroatoms. The van der Waals surface area contributed by atoms with Crippen LogP contribution in [0, 0.1) is 40.9 Å². The zero-order valence-corrected chi connectivity index (χ0v) is 22.3.